The highest BCUT2D eigenvalue weighted by Crippen LogP contribution is 2.38. The molecule has 27 heavy (non-hydrogen) atoms. The summed E-state index contributed by atoms with van der Waals surface area (Å²) < 4.78 is 16.1. The van der Waals surface area contributed by atoms with Gasteiger partial charge in [0.1, 0.15) is 12.2 Å². The maximum absolute atomic E-state index is 12.3. The van der Waals surface area contributed by atoms with Gasteiger partial charge in [0.05, 0.1) is 18.9 Å². The molecule has 7 nitrogen and oxygen atoms in total. The summed E-state index contributed by atoms with van der Waals surface area (Å²) in [4.78, 5) is 36.7. The van der Waals surface area contributed by atoms with Crippen LogP contribution in [0.5, 0.6) is 0 Å². The number of fused-ring (bicyclic) bond motifs is 1. The first-order chi connectivity index (χ1) is 12.8. The van der Waals surface area contributed by atoms with Crippen LogP contribution in [0.25, 0.3) is 0 Å². The minimum absolute atomic E-state index is 0.0249. The zero-order chi connectivity index (χ0) is 20.1. The van der Waals surface area contributed by atoms with Crippen LogP contribution in [-0.4, -0.2) is 48.9 Å². The van der Waals surface area contributed by atoms with E-state index in [9.17, 15) is 19.5 Å². The summed E-state index contributed by atoms with van der Waals surface area (Å²) in [7, 11) is 1.31. The van der Waals surface area contributed by atoms with Crippen molar-refractivity contribution in [2.45, 2.75) is 58.7 Å². The third kappa shape index (κ3) is 5.09. The molecule has 7 heteroatoms. The fourth-order valence-electron chi connectivity index (χ4n) is 3.79. The summed E-state index contributed by atoms with van der Waals surface area (Å²) in [5.41, 5.74) is 0.419. The number of hydrogen-bond acceptors (Lipinski definition) is 7. The highest BCUT2D eigenvalue weighted by atomic mass is 16.6. The zero-order valence-electron chi connectivity index (χ0n) is 16.5. The van der Waals surface area contributed by atoms with Crippen LogP contribution in [0, 0.1) is 23.7 Å². The summed E-state index contributed by atoms with van der Waals surface area (Å²) in [5, 5.41) is 9.70. The van der Waals surface area contributed by atoms with Crippen molar-refractivity contribution < 1.29 is 33.7 Å². The minimum Gasteiger partial charge on any atom is -0.466 e. The molecule has 152 valence electrons. The van der Waals surface area contributed by atoms with Gasteiger partial charge >= 0.3 is 17.9 Å². The normalized spacial score (nSPS) is 33.5. The van der Waals surface area contributed by atoms with Gasteiger partial charge in [0.15, 0.2) is 0 Å². The lowest BCUT2D eigenvalue weighted by Gasteiger charge is -2.30. The molecule has 0 amide bonds. The molecule has 1 aliphatic heterocycles. The van der Waals surface area contributed by atoms with Crippen molar-refractivity contribution >= 4 is 17.9 Å². The fourth-order valence-corrected chi connectivity index (χ4v) is 3.79. The van der Waals surface area contributed by atoms with Gasteiger partial charge in [-0.05, 0) is 37.7 Å². The lowest BCUT2D eigenvalue weighted by Crippen LogP contribution is -2.37. The predicted octanol–water partition coefficient (Wildman–Crippen LogP) is 2.01. The average molecular weight is 382 g/mol. The van der Waals surface area contributed by atoms with Crippen molar-refractivity contribution in [2.24, 2.45) is 23.7 Å². The topological polar surface area (TPSA) is 99.1 Å². The number of carbonyl (C=O) groups excluding carboxylic acids is 3. The van der Waals surface area contributed by atoms with Crippen LogP contribution in [0.3, 0.4) is 0 Å². The molecular weight excluding hydrogens is 352 g/mol. The molecule has 2 aliphatic rings. The molecule has 0 aromatic carbocycles. The van der Waals surface area contributed by atoms with Gasteiger partial charge in [0.2, 0.25) is 0 Å². The van der Waals surface area contributed by atoms with E-state index in [0.29, 0.717) is 31.3 Å². The summed E-state index contributed by atoms with van der Waals surface area (Å²) in [5.74, 6) is -2.50. The Morgan fingerprint density at radius 1 is 1.37 bits per heavy atom. The van der Waals surface area contributed by atoms with Crippen molar-refractivity contribution in [3.8, 4) is 0 Å². The first-order valence-corrected chi connectivity index (χ1v) is 9.59. The molecule has 0 spiro atoms. The van der Waals surface area contributed by atoms with Crippen molar-refractivity contribution in [2.75, 3.05) is 13.7 Å². The van der Waals surface area contributed by atoms with Crippen LogP contribution >= 0.6 is 0 Å². The number of aliphatic hydroxyl groups excluding tert-OH is 1. The first kappa shape index (κ1) is 21.4. The van der Waals surface area contributed by atoms with Crippen molar-refractivity contribution in [1.29, 1.82) is 0 Å². The molecule has 2 rings (SSSR count). The number of ether oxygens (including phenoxy) is 3. The van der Waals surface area contributed by atoms with Gasteiger partial charge in [-0.25, -0.2) is 4.79 Å². The number of aliphatic hydroxyl groups is 1. The van der Waals surface area contributed by atoms with Crippen LogP contribution < -0.4 is 0 Å². The molecule has 0 aromatic rings. The second kappa shape index (κ2) is 9.35. The van der Waals surface area contributed by atoms with Gasteiger partial charge in [-0.3, -0.25) is 9.59 Å². The number of esters is 3. The molecule has 1 aliphatic carbocycles. The molecule has 1 heterocycles. The van der Waals surface area contributed by atoms with Crippen LogP contribution in [0.2, 0.25) is 0 Å². The van der Waals surface area contributed by atoms with Gasteiger partial charge in [0.25, 0.3) is 0 Å². The molecule has 0 bridgehead atoms. The predicted molar refractivity (Wildman–Crippen MR) is 96.4 cm³/mol. The average Bonchev–Trinajstić information content (AvgIpc) is 2.91. The van der Waals surface area contributed by atoms with Crippen LogP contribution in [-0.2, 0) is 28.6 Å². The number of hydrogen-bond donors (Lipinski definition) is 1. The summed E-state index contributed by atoms with van der Waals surface area (Å²) >= 11 is 0. The molecule has 0 aromatic heterocycles. The SMILES string of the molecule is COC(=O)/C1=C\[C@@H](OC(=O)C(C)C)[C@H]2[C@H](C)C(=O)O[C@@H]2CC(CO)CCC1. The smallest absolute Gasteiger partial charge is 0.333 e. The van der Waals surface area contributed by atoms with E-state index < -0.39 is 36.0 Å². The zero-order valence-corrected chi connectivity index (χ0v) is 16.5. The molecule has 0 saturated carbocycles. The van der Waals surface area contributed by atoms with Crippen LogP contribution in [0.4, 0.5) is 0 Å². The van der Waals surface area contributed by atoms with E-state index in [1.165, 1.54) is 7.11 Å². The van der Waals surface area contributed by atoms with Gasteiger partial charge < -0.3 is 19.3 Å². The highest BCUT2D eigenvalue weighted by Gasteiger charge is 2.48. The van der Waals surface area contributed by atoms with E-state index in [0.717, 1.165) is 0 Å². The van der Waals surface area contributed by atoms with Crippen molar-refractivity contribution in [1.82, 2.24) is 0 Å². The molecule has 0 radical (unpaired) electrons. The van der Waals surface area contributed by atoms with E-state index in [4.69, 9.17) is 14.2 Å². The van der Waals surface area contributed by atoms with Crippen molar-refractivity contribution in [3.05, 3.63) is 11.6 Å². The maximum atomic E-state index is 12.3. The number of methoxy groups -OCH3 is 1. The minimum atomic E-state index is -0.766. The van der Waals surface area contributed by atoms with Gasteiger partial charge in [0, 0.05) is 18.1 Å². The molecule has 1 fully saturated rings. The highest BCUT2D eigenvalue weighted by molar-refractivity contribution is 5.88. The van der Waals surface area contributed by atoms with E-state index >= 15 is 0 Å². The van der Waals surface area contributed by atoms with Gasteiger partial charge in [-0.1, -0.05) is 20.8 Å². The van der Waals surface area contributed by atoms with E-state index in [1.807, 2.05) is 0 Å². The Kier molecular flexibility index (Phi) is 7.41. The lowest BCUT2D eigenvalue weighted by atomic mass is 9.80. The fraction of sp³-hybridized carbons (Fsp3) is 0.750. The quantitative estimate of drug-likeness (QED) is 0.586. The largest absolute Gasteiger partial charge is 0.466 e. The van der Waals surface area contributed by atoms with Crippen molar-refractivity contribution in [3.63, 3.8) is 0 Å². The molecule has 1 unspecified atom stereocenters. The standard InChI is InChI=1S/C20H30O7/c1-11(2)18(22)26-16-9-14(20(24)25-4)7-5-6-13(10-21)8-15-17(16)12(3)19(23)27-15/h9,11-13,15-17,21H,5-8,10H2,1-4H3/b14-9-/t12-,13?,15+,16+,17-/m0/s1. The molecular formula is C20H30O7. The van der Waals surface area contributed by atoms with E-state index in [1.54, 1.807) is 26.8 Å². The summed E-state index contributed by atoms with van der Waals surface area (Å²) in [6.45, 7) is 5.18. The third-order valence-corrected chi connectivity index (χ3v) is 5.44. The summed E-state index contributed by atoms with van der Waals surface area (Å²) in [6.07, 6.45) is 2.74. The lowest BCUT2D eigenvalue weighted by molar-refractivity contribution is -0.154. The van der Waals surface area contributed by atoms with Gasteiger partial charge in [-0.15, -0.1) is 0 Å². The Morgan fingerprint density at radius 3 is 2.67 bits per heavy atom. The second-order valence-corrected chi connectivity index (χ2v) is 7.76. The monoisotopic (exact) mass is 382 g/mol. The van der Waals surface area contributed by atoms with Crippen LogP contribution in [0.15, 0.2) is 11.6 Å². The first-order valence-electron chi connectivity index (χ1n) is 9.59. The van der Waals surface area contributed by atoms with E-state index in [2.05, 4.69) is 0 Å². The Morgan fingerprint density at radius 2 is 2.07 bits per heavy atom. The Labute approximate surface area is 160 Å². The molecule has 1 N–H and O–H groups in total. The van der Waals surface area contributed by atoms with E-state index in [-0.39, 0.29) is 24.4 Å². The Balaban J connectivity index is 2.45. The Bertz CT molecular complexity index is 595. The molecule has 5 atom stereocenters. The summed E-state index contributed by atoms with van der Waals surface area (Å²) in [6, 6.07) is 0. The molecule has 1 saturated heterocycles. The second-order valence-electron chi connectivity index (χ2n) is 7.76. The van der Waals surface area contributed by atoms with Gasteiger partial charge in [-0.2, -0.15) is 0 Å². The van der Waals surface area contributed by atoms with Crippen LogP contribution in [0.1, 0.15) is 46.5 Å². The Hall–Kier alpha value is -1.89. The number of rotatable bonds is 4. The maximum Gasteiger partial charge on any atom is 0.333 e. The third-order valence-electron chi connectivity index (χ3n) is 5.44. The number of carbonyl (C=O) groups is 3.